The van der Waals surface area contributed by atoms with Gasteiger partial charge in [0.15, 0.2) is 0 Å². The van der Waals surface area contributed by atoms with Crippen molar-refractivity contribution < 1.29 is 28.8 Å². The van der Waals surface area contributed by atoms with Crippen molar-refractivity contribution in [1.82, 2.24) is 26.2 Å². The lowest BCUT2D eigenvalue weighted by molar-refractivity contribution is -0.145. The lowest BCUT2D eigenvalue weighted by atomic mass is 9.80. The zero-order valence-electron chi connectivity index (χ0n) is 26.3. The molecule has 2 saturated carbocycles. The normalized spacial score (nSPS) is 23.3. The molecule has 12 nitrogen and oxygen atoms in total. The first kappa shape index (κ1) is 32.9. The number of rotatable bonds is 12. The summed E-state index contributed by atoms with van der Waals surface area (Å²) in [5, 5.41) is 10.7. The van der Waals surface area contributed by atoms with Crippen LogP contribution in [0.5, 0.6) is 0 Å². The molecule has 0 radical (unpaired) electrons. The van der Waals surface area contributed by atoms with Gasteiger partial charge >= 0.3 is 6.03 Å². The van der Waals surface area contributed by atoms with Gasteiger partial charge < -0.3 is 31.9 Å². The number of nitrogens with two attached hydrogens (primary N) is 1. The zero-order valence-corrected chi connectivity index (χ0v) is 26.3. The summed E-state index contributed by atoms with van der Waals surface area (Å²) in [4.78, 5) is 78.9. The summed E-state index contributed by atoms with van der Waals surface area (Å²) in [6.45, 7) is 9.85. The van der Waals surface area contributed by atoms with Gasteiger partial charge in [0.25, 0.3) is 5.91 Å². The number of fused-ring (bicyclic) bond motifs is 1. The molecule has 12 heteroatoms. The average molecular weight is 611 g/mol. The average Bonchev–Trinajstić information content (AvgIpc) is 3.26. The highest BCUT2D eigenvalue weighted by atomic mass is 16.2. The molecule has 2 aliphatic carbocycles. The number of nitrogens with one attached hydrogen (secondary N) is 4. The summed E-state index contributed by atoms with van der Waals surface area (Å²) in [5.41, 5.74) is 5.30. The van der Waals surface area contributed by atoms with Crippen molar-refractivity contribution in [2.45, 2.75) is 85.0 Å². The topological polar surface area (TPSA) is 180 Å². The molecule has 3 aliphatic rings. The highest BCUT2D eigenvalue weighted by molar-refractivity contribution is 6.37. The van der Waals surface area contributed by atoms with Crippen LogP contribution in [0.25, 0.3) is 0 Å². The van der Waals surface area contributed by atoms with Crippen molar-refractivity contribution in [2.75, 3.05) is 13.1 Å². The van der Waals surface area contributed by atoms with E-state index in [1.54, 1.807) is 20.8 Å². The van der Waals surface area contributed by atoms with Gasteiger partial charge in [-0.15, -0.1) is 0 Å². The van der Waals surface area contributed by atoms with Gasteiger partial charge in [-0.2, -0.15) is 0 Å². The molecule has 240 valence electrons. The van der Waals surface area contributed by atoms with Crippen molar-refractivity contribution in [3.63, 3.8) is 0 Å². The molecule has 0 bridgehead atoms. The lowest BCUT2D eigenvalue weighted by Crippen LogP contribution is -2.61. The fraction of sp³-hybridized carbons (Fsp3) is 0.625. The fourth-order valence-electron chi connectivity index (χ4n) is 6.55. The molecule has 6 N–H and O–H groups in total. The van der Waals surface area contributed by atoms with E-state index in [0.717, 1.165) is 24.8 Å². The van der Waals surface area contributed by atoms with Crippen LogP contribution in [0, 0.1) is 28.6 Å². The second-order valence-electron chi connectivity index (χ2n) is 14.1. The van der Waals surface area contributed by atoms with E-state index < -0.39 is 53.1 Å². The first-order valence-corrected chi connectivity index (χ1v) is 15.4. The molecule has 44 heavy (non-hydrogen) atoms. The Morgan fingerprint density at radius 3 is 2.23 bits per heavy atom. The van der Waals surface area contributed by atoms with Crippen LogP contribution in [-0.4, -0.2) is 71.6 Å². The number of primary amides is 1. The molecule has 1 aromatic rings. The SMILES string of the molecule is CC(C)(C)[C@H](NC(=O)NCC(=O)NCc1ccccc1)C(=O)N1C[C@H]2[C@@H]([C@H]1C(=O)NC(CC1CCC1)C(=O)C(N)=O)C2(C)C. The second-order valence-corrected chi connectivity index (χ2v) is 14.1. The number of carbonyl (C=O) groups excluding carboxylic acids is 6. The number of benzene rings is 1. The summed E-state index contributed by atoms with van der Waals surface area (Å²) >= 11 is 0. The lowest BCUT2D eigenvalue weighted by Gasteiger charge is -2.38. The maximum atomic E-state index is 14.1. The van der Waals surface area contributed by atoms with Gasteiger partial charge in [0.1, 0.15) is 12.1 Å². The van der Waals surface area contributed by atoms with E-state index in [1.165, 1.54) is 4.90 Å². The number of carbonyl (C=O) groups is 6. The highest BCUT2D eigenvalue weighted by Crippen LogP contribution is 2.65. The molecule has 1 aromatic carbocycles. The number of ketones is 1. The van der Waals surface area contributed by atoms with E-state index in [-0.39, 0.29) is 35.6 Å². The van der Waals surface area contributed by atoms with Gasteiger partial charge in [-0.1, -0.05) is 84.2 Å². The minimum absolute atomic E-state index is 0.0712. The van der Waals surface area contributed by atoms with E-state index in [0.29, 0.717) is 19.5 Å². The monoisotopic (exact) mass is 610 g/mol. The van der Waals surface area contributed by atoms with Crippen molar-refractivity contribution in [3.8, 4) is 0 Å². The molecule has 1 heterocycles. The number of urea groups is 1. The number of nitrogens with zero attached hydrogens (tertiary/aromatic N) is 1. The third kappa shape index (κ3) is 7.39. The van der Waals surface area contributed by atoms with Crippen LogP contribution >= 0.6 is 0 Å². The highest BCUT2D eigenvalue weighted by Gasteiger charge is 2.70. The van der Waals surface area contributed by atoms with Crippen molar-refractivity contribution >= 4 is 35.4 Å². The molecule has 6 amide bonds. The van der Waals surface area contributed by atoms with E-state index in [1.807, 2.05) is 44.2 Å². The van der Waals surface area contributed by atoms with Crippen LogP contribution in [0.2, 0.25) is 0 Å². The predicted molar refractivity (Wildman–Crippen MR) is 162 cm³/mol. The molecule has 0 aromatic heterocycles. The van der Waals surface area contributed by atoms with Crippen molar-refractivity contribution in [3.05, 3.63) is 35.9 Å². The van der Waals surface area contributed by atoms with E-state index in [4.69, 9.17) is 5.73 Å². The van der Waals surface area contributed by atoms with Gasteiger partial charge in [0.05, 0.1) is 12.6 Å². The fourth-order valence-corrected chi connectivity index (χ4v) is 6.55. The zero-order chi connectivity index (χ0) is 32.4. The van der Waals surface area contributed by atoms with Crippen LogP contribution < -0.4 is 27.0 Å². The minimum Gasteiger partial charge on any atom is -0.363 e. The molecular weight excluding hydrogens is 564 g/mol. The summed E-state index contributed by atoms with van der Waals surface area (Å²) in [6.07, 6.45) is 3.20. The quantitative estimate of drug-likeness (QED) is 0.222. The number of Topliss-reactive ketones (excluding diaryl/α,β-unsaturated/α-hetero) is 1. The van der Waals surface area contributed by atoms with Crippen LogP contribution in [-0.2, 0) is 30.5 Å². The number of amides is 6. The third-order valence-corrected chi connectivity index (χ3v) is 9.56. The molecular formula is C32H46N6O6. The Balaban J connectivity index is 1.42. The Morgan fingerprint density at radius 1 is 1.00 bits per heavy atom. The molecule has 4 rings (SSSR count). The molecule has 1 unspecified atom stereocenters. The Kier molecular flexibility index (Phi) is 9.70. The summed E-state index contributed by atoms with van der Waals surface area (Å²) in [5.74, 6) is -3.10. The largest absolute Gasteiger partial charge is 0.363 e. The molecule has 5 atom stereocenters. The number of hydrogen-bond donors (Lipinski definition) is 5. The predicted octanol–water partition coefficient (Wildman–Crippen LogP) is 1.23. The first-order valence-electron chi connectivity index (χ1n) is 15.4. The maximum absolute atomic E-state index is 14.1. The summed E-state index contributed by atoms with van der Waals surface area (Å²) in [7, 11) is 0. The molecule has 1 saturated heterocycles. The van der Waals surface area contributed by atoms with Crippen LogP contribution in [0.4, 0.5) is 4.79 Å². The van der Waals surface area contributed by atoms with E-state index in [2.05, 4.69) is 21.3 Å². The minimum atomic E-state index is -1.10. The van der Waals surface area contributed by atoms with Gasteiger partial charge in [0, 0.05) is 13.1 Å². The van der Waals surface area contributed by atoms with Gasteiger partial charge in [-0.3, -0.25) is 24.0 Å². The molecule has 3 fully saturated rings. The molecule has 1 aliphatic heterocycles. The van der Waals surface area contributed by atoms with Gasteiger partial charge in [-0.05, 0) is 40.6 Å². The van der Waals surface area contributed by atoms with E-state index >= 15 is 0 Å². The Labute approximate surface area is 258 Å². The Bertz CT molecular complexity index is 1290. The van der Waals surface area contributed by atoms with E-state index in [9.17, 15) is 28.8 Å². The van der Waals surface area contributed by atoms with Gasteiger partial charge in [0.2, 0.25) is 23.5 Å². The smallest absolute Gasteiger partial charge is 0.315 e. The number of likely N-dealkylation sites (tertiary alicyclic amines) is 1. The first-order chi connectivity index (χ1) is 20.6. The van der Waals surface area contributed by atoms with Crippen LogP contribution in [0.3, 0.4) is 0 Å². The van der Waals surface area contributed by atoms with Crippen molar-refractivity contribution in [1.29, 1.82) is 0 Å². The van der Waals surface area contributed by atoms with Crippen LogP contribution in [0.15, 0.2) is 30.3 Å². The molecule has 0 spiro atoms. The maximum Gasteiger partial charge on any atom is 0.315 e. The third-order valence-electron chi connectivity index (χ3n) is 9.56. The number of hydrogen-bond acceptors (Lipinski definition) is 6. The summed E-state index contributed by atoms with van der Waals surface area (Å²) < 4.78 is 0. The van der Waals surface area contributed by atoms with Gasteiger partial charge in [-0.25, -0.2) is 4.79 Å². The van der Waals surface area contributed by atoms with Crippen molar-refractivity contribution in [2.24, 2.45) is 34.3 Å². The Morgan fingerprint density at radius 2 is 1.66 bits per heavy atom. The summed E-state index contributed by atoms with van der Waals surface area (Å²) in [6, 6.07) is 5.75. The Hall–Kier alpha value is -3.96. The standard InChI is InChI=1S/C32H46N6O6/c1-31(2,3)26(37-30(44)35-16-22(39)34-15-19-10-7-6-8-11-19)29(43)38-17-20-23(32(20,4)5)24(38)28(42)36-21(25(40)27(33)41)14-18-12-9-13-18/h6-8,10-11,18,20-21,23-24,26H,9,12-17H2,1-5H3,(H2,33,41)(H,34,39)(H,36,42)(H2,35,37,44)/t20-,21?,23-,24-,26+/m0/s1. The van der Waals surface area contributed by atoms with Crippen LogP contribution in [0.1, 0.15) is 65.9 Å². The second kappa shape index (κ2) is 13.0. The number of piperidine rings is 1.